The van der Waals surface area contributed by atoms with E-state index in [1.54, 1.807) is 12.4 Å². The summed E-state index contributed by atoms with van der Waals surface area (Å²) in [5.74, 6) is 0. The Morgan fingerprint density at radius 2 is 2.33 bits per heavy atom. The first-order valence-electron chi connectivity index (χ1n) is 6.21. The molecule has 0 radical (unpaired) electrons. The fourth-order valence-corrected chi connectivity index (χ4v) is 1.66. The molecule has 0 spiro atoms. The second-order valence-electron chi connectivity index (χ2n) is 4.33. The van der Waals surface area contributed by atoms with Crippen molar-refractivity contribution in [1.82, 2.24) is 15.6 Å². The van der Waals surface area contributed by atoms with Crippen molar-refractivity contribution in [3.8, 4) is 0 Å². The van der Waals surface area contributed by atoms with Crippen LogP contribution in [0.5, 0.6) is 0 Å². The number of pyridine rings is 1. The largest absolute Gasteiger partial charge is 0.335 e. The highest BCUT2D eigenvalue weighted by Gasteiger charge is 2.08. The summed E-state index contributed by atoms with van der Waals surface area (Å²) in [6.07, 6.45) is 7.05. The third kappa shape index (κ3) is 4.99. The molecule has 1 atom stereocenters. The average Bonchev–Trinajstić information content (AvgIpc) is 2.36. The smallest absolute Gasteiger partial charge is 0.315 e. The van der Waals surface area contributed by atoms with Crippen LogP contribution >= 0.6 is 0 Å². The summed E-state index contributed by atoms with van der Waals surface area (Å²) in [6, 6.07) is 2.01. The van der Waals surface area contributed by atoms with E-state index >= 15 is 0 Å². The molecule has 1 rings (SSSR count). The number of hydrogen-bond acceptors (Lipinski definition) is 2. The molecular weight excluding hydrogens is 226 g/mol. The molecule has 0 aliphatic carbocycles. The lowest BCUT2D eigenvalue weighted by atomic mass is 10.1. The number of rotatable bonds is 6. The Balaban J connectivity index is 2.39. The van der Waals surface area contributed by atoms with E-state index < -0.39 is 0 Å². The van der Waals surface area contributed by atoms with Gasteiger partial charge in [-0.05, 0) is 30.9 Å². The number of nitrogens with one attached hydrogen (secondary N) is 2. The van der Waals surface area contributed by atoms with Gasteiger partial charge in [0.1, 0.15) is 0 Å². The van der Waals surface area contributed by atoms with Gasteiger partial charge < -0.3 is 10.6 Å². The average molecular weight is 247 g/mol. The number of hydrogen-bond donors (Lipinski definition) is 2. The van der Waals surface area contributed by atoms with Crippen LogP contribution in [0.25, 0.3) is 0 Å². The molecule has 0 fully saturated rings. The predicted octanol–water partition coefficient (Wildman–Crippen LogP) is 2.54. The number of carbonyl (C=O) groups is 1. The highest BCUT2D eigenvalue weighted by atomic mass is 16.2. The highest BCUT2D eigenvalue weighted by Crippen LogP contribution is 2.01. The molecule has 0 saturated heterocycles. The Morgan fingerprint density at radius 1 is 1.56 bits per heavy atom. The summed E-state index contributed by atoms with van der Waals surface area (Å²) in [4.78, 5) is 15.8. The fourth-order valence-electron chi connectivity index (χ4n) is 1.66. The lowest BCUT2D eigenvalue weighted by Crippen LogP contribution is -2.41. The minimum Gasteiger partial charge on any atom is -0.335 e. The minimum atomic E-state index is -0.148. The van der Waals surface area contributed by atoms with Gasteiger partial charge in [0.25, 0.3) is 0 Å². The second kappa shape index (κ2) is 7.48. The fraction of sp³-hybridized carbons (Fsp3) is 0.429. The van der Waals surface area contributed by atoms with Gasteiger partial charge in [-0.25, -0.2) is 4.79 Å². The van der Waals surface area contributed by atoms with Crippen molar-refractivity contribution in [1.29, 1.82) is 0 Å². The molecule has 98 valence electrons. The van der Waals surface area contributed by atoms with E-state index in [4.69, 9.17) is 0 Å². The minimum absolute atomic E-state index is 0.148. The number of aryl methyl sites for hydroxylation is 1. The van der Waals surface area contributed by atoms with Crippen molar-refractivity contribution in [3.05, 3.63) is 42.2 Å². The van der Waals surface area contributed by atoms with Crippen LogP contribution in [-0.4, -0.2) is 17.1 Å². The molecule has 0 saturated carbocycles. The monoisotopic (exact) mass is 247 g/mol. The first-order valence-corrected chi connectivity index (χ1v) is 6.21. The maximum atomic E-state index is 11.7. The Morgan fingerprint density at radius 3 is 2.94 bits per heavy atom. The molecule has 4 heteroatoms. The number of amides is 2. The molecule has 4 nitrogen and oxygen atoms in total. The molecule has 1 unspecified atom stereocenters. The van der Waals surface area contributed by atoms with Crippen LogP contribution in [0.1, 0.15) is 30.9 Å². The van der Waals surface area contributed by atoms with Crippen LogP contribution in [0, 0.1) is 6.92 Å². The molecule has 0 aliphatic rings. The lowest BCUT2D eigenvalue weighted by Gasteiger charge is -2.15. The summed E-state index contributed by atoms with van der Waals surface area (Å²) in [5, 5.41) is 5.74. The van der Waals surface area contributed by atoms with Crippen molar-refractivity contribution in [2.45, 2.75) is 39.3 Å². The molecule has 0 bridgehead atoms. The van der Waals surface area contributed by atoms with E-state index in [0.717, 1.165) is 24.0 Å². The zero-order valence-electron chi connectivity index (χ0n) is 11.1. The van der Waals surface area contributed by atoms with Gasteiger partial charge >= 0.3 is 6.03 Å². The highest BCUT2D eigenvalue weighted by molar-refractivity contribution is 5.74. The maximum Gasteiger partial charge on any atom is 0.315 e. The van der Waals surface area contributed by atoms with Gasteiger partial charge in [-0.2, -0.15) is 0 Å². The Hall–Kier alpha value is -1.84. The topological polar surface area (TPSA) is 54.0 Å². The van der Waals surface area contributed by atoms with Crippen LogP contribution < -0.4 is 10.6 Å². The van der Waals surface area contributed by atoms with Gasteiger partial charge in [-0.3, -0.25) is 4.98 Å². The predicted molar refractivity (Wildman–Crippen MR) is 73.2 cm³/mol. The van der Waals surface area contributed by atoms with Gasteiger partial charge in [-0.1, -0.05) is 19.1 Å². The lowest BCUT2D eigenvalue weighted by molar-refractivity contribution is 0.236. The van der Waals surface area contributed by atoms with Crippen LogP contribution in [-0.2, 0) is 6.54 Å². The zero-order valence-corrected chi connectivity index (χ0v) is 11.1. The molecule has 0 aromatic carbocycles. The molecule has 1 aromatic heterocycles. The number of carbonyl (C=O) groups excluding carboxylic acids is 1. The van der Waals surface area contributed by atoms with E-state index in [9.17, 15) is 4.79 Å². The van der Waals surface area contributed by atoms with Gasteiger partial charge in [0.15, 0.2) is 0 Å². The molecule has 18 heavy (non-hydrogen) atoms. The first-order chi connectivity index (χ1) is 8.65. The molecule has 1 aromatic rings. The van der Waals surface area contributed by atoms with E-state index in [0.29, 0.717) is 6.54 Å². The van der Waals surface area contributed by atoms with Gasteiger partial charge in [0, 0.05) is 25.0 Å². The van der Waals surface area contributed by atoms with Crippen molar-refractivity contribution < 1.29 is 4.79 Å². The molecule has 2 amide bonds. The van der Waals surface area contributed by atoms with Crippen LogP contribution in [0.15, 0.2) is 31.1 Å². The van der Waals surface area contributed by atoms with Gasteiger partial charge in [0.2, 0.25) is 0 Å². The number of nitrogens with zero attached hydrogens (tertiary/aromatic N) is 1. The van der Waals surface area contributed by atoms with Crippen LogP contribution in [0.2, 0.25) is 0 Å². The van der Waals surface area contributed by atoms with E-state index in [-0.39, 0.29) is 12.1 Å². The summed E-state index contributed by atoms with van der Waals surface area (Å²) < 4.78 is 0. The van der Waals surface area contributed by atoms with Crippen molar-refractivity contribution >= 4 is 6.03 Å². The number of aromatic nitrogens is 1. The Bertz CT molecular complexity index is 404. The Labute approximate surface area is 109 Å². The summed E-state index contributed by atoms with van der Waals surface area (Å²) in [7, 11) is 0. The third-order valence-corrected chi connectivity index (χ3v) is 2.66. The van der Waals surface area contributed by atoms with Gasteiger partial charge in [-0.15, -0.1) is 6.58 Å². The molecular formula is C14H21N3O. The molecule has 0 aliphatic heterocycles. The van der Waals surface area contributed by atoms with Crippen molar-refractivity contribution in [2.75, 3.05) is 0 Å². The quantitative estimate of drug-likeness (QED) is 0.759. The van der Waals surface area contributed by atoms with Crippen molar-refractivity contribution in [2.24, 2.45) is 0 Å². The SMILES string of the molecule is C=CCC(CC)NC(=O)NCc1cncc(C)c1. The third-order valence-electron chi connectivity index (χ3n) is 2.66. The van der Waals surface area contributed by atoms with Crippen molar-refractivity contribution in [3.63, 3.8) is 0 Å². The summed E-state index contributed by atoms with van der Waals surface area (Å²) in [5.41, 5.74) is 2.09. The summed E-state index contributed by atoms with van der Waals surface area (Å²) >= 11 is 0. The molecule has 1 heterocycles. The van der Waals surface area contributed by atoms with Gasteiger partial charge in [0.05, 0.1) is 0 Å². The van der Waals surface area contributed by atoms with E-state index in [1.165, 1.54) is 0 Å². The Kier molecular flexibility index (Phi) is 5.91. The van der Waals surface area contributed by atoms with Crippen LogP contribution in [0.3, 0.4) is 0 Å². The number of urea groups is 1. The normalized spacial score (nSPS) is 11.7. The second-order valence-corrected chi connectivity index (χ2v) is 4.33. The van der Waals surface area contributed by atoms with E-state index in [2.05, 4.69) is 22.2 Å². The first kappa shape index (κ1) is 14.2. The van der Waals surface area contributed by atoms with E-state index in [1.807, 2.05) is 26.0 Å². The standard InChI is InChI=1S/C14H21N3O/c1-4-6-13(5-2)17-14(18)16-10-12-7-11(3)8-15-9-12/h4,7-9,13H,1,5-6,10H2,2-3H3,(H2,16,17,18). The van der Waals surface area contributed by atoms with Crippen LogP contribution in [0.4, 0.5) is 4.79 Å². The zero-order chi connectivity index (χ0) is 13.4. The molecule has 2 N–H and O–H groups in total. The summed E-state index contributed by atoms with van der Waals surface area (Å²) in [6.45, 7) is 8.19. The maximum absolute atomic E-state index is 11.7.